The van der Waals surface area contributed by atoms with E-state index in [0.717, 1.165) is 0 Å². The van der Waals surface area contributed by atoms with Gasteiger partial charge in [0.2, 0.25) is 0 Å². The molecule has 0 aliphatic carbocycles. The molecule has 0 saturated heterocycles. The number of benzene rings is 1. The lowest BCUT2D eigenvalue weighted by atomic mass is 10.1. The highest BCUT2D eigenvalue weighted by molar-refractivity contribution is 5.62. The molecule has 2 aromatic rings. The van der Waals surface area contributed by atoms with Crippen LogP contribution in [0.4, 0.5) is 0 Å². The molecular formula is C14H12N4O. The Morgan fingerprint density at radius 1 is 1.42 bits per heavy atom. The fourth-order valence-corrected chi connectivity index (χ4v) is 1.79. The molecular weight excluding hydrogens is 240 g/mol. The Morgan fingerprint density at radius 3 is 2.58 bits per heavy atom. The van der Waals surface area contributed by atoms with Crippen LogP contribution in [0.2, 0.25) is 0 Å². The summed E-state index contributed by atoms with van der Waals surface area (Å²) < 4.78 is 1.17. The summed E-state index contributed by atoms with van der Waals surface area (Å²) in [5, 5.41) is 13.3. The van der Waals surface area contributed by atoms with Crippen molar-refractivity contribution in [2.75, 3.05) is 0 Å². The van der Waals surface area contributed by atoms with Crippen molar-refractivity contribution in [3.05, 3.63) is 64.1 Å². The van der Waals surface area contributed by atoms with E-state index in [9.17, 15) is 4.79 Å². The Kier molecular flexibility index (Phi) is 3.17. The summed E-state index contributed by atoms with van der Waals surface area (Å²) in [4.78, 5) is 12.2. The van der Waals surface area contributed by atoms with Crippen LogP contribution in [0, 0.1) is 18.3 Å². The van der Waals surface area contributed by atoms with Crippen molar-refractivity contribution in [3.8, 4) is 11.8 Å². The highest BCUT2D eigenvalue weighted by atomic mass is 16.1. The maximum absolute atomic E-state index is 12.2. The molecule has 1 aromatic heterocycles. The highest BCUT2D eigenvalue weighted by Crippen LogP contribution is 2.13. The molecule has 0 amide bonds. The second kappa shape index (κ2) is 4.78. The van der Waals surface area contributed by atoms with Crippen LogP contribution < -0.4 is 11.3 Å². The van der Waals surface area contributed by atoms with Gasteiger partial charge in [-0.2, -0.15) is 15.0 Å². The van der Waals surface area contributed by atoms with Gasteiger partial charge >= 0.3 is 0 Å². The zero-order chi connectivity index (χ0) is 14.0. The predicted molar refractivity (Wildman–Crippen MR) is 72.5 cm³/mol. The van der Waals surface area contributed by atoms with Crippen LogP contribution in [0.5, 0.6) is 0 Å². The molecule has 1 heterocycles. The van der Waals surface area contributed by atoms with Crippen LogP contribution in [0.15, 0.2) is 41.7 Å². The van der Waals surface area contributed by atoms with Crippen LogP contribution in [0.3, 0.4) is 0 Å². The minimum atomic E-state index is -0.462. The van der Waals surface area contributed by atoms with Crippen molar-refractivity contribution < 1.29 is 0 Å². The number of rotatable bonds is 2. The summed E-state index contributed by atoms with van der Waals surface area (Å²) in [7, 11) is 0. The van der Waals surface area contributed by atoms with Gasteiger partial charge in [-0.25, -0.2) is 0 Å². The number of aromatic nitrogens is 2. The van der Waals surface area contributed by atoms with E-state index >= 15 is 0 Å². The summed E-state index contributed by atoms with van der Waals surface area (Å²) in [6, 6.07) is 10.8. The number of nitrogens with zero attached hydrogens (tertiary/aromatic N) is 3. The molecule has 0 bridgehead atoms. The molecule has 94 valence electrons. The van der Waals surface area contributed by atoms with Crippen LogP contribution in [0.25, 0.3) is 11.4 Å². The van der Waals surface area contributed by atoms with E-state index in [1.165, 1.54) is 4.68 Å². The van der Waals surface area contributed by atoms with E-state index in [1.807, 2.05) is 12.1 Å². The van der Waals surface area contributed by atoms with Crippen molar-refractivity contribution in [2.24, 2.45) is 5.73 Å². The molecule has 0 fully saturated rings. The summed E-state index contributed by atoms with van der Waals surface area (Å²) in [5.74, 6) is 0. The second-order valence-corrected chi connectivity index (χ2v) is 4.04. The van der Waals surface area contributed by atoms with Crippen molar-refractivity contribution in [1.82, 2.24) is 9.78 Å². The van der Waals surface area contributed by atoms with Gasteiger partial charge in [0.05, 0.1) is 11.4 Å². The zero-order valence-corrected chi connectivity index (χ0v) is 10.4. The maximum Gasteiger partial charge on any atom is 0.289 e. The van der Waals surface area contributed by atoms with Crippen molar-refractivity contribution in [3.63, 3.8) is 0 Å². The average Bonchev–Trinajstić information content (AvgIpc) is 2.40. The van der Waals surface area contributed by atoms with E-state index in [-0.39, 0.29) is 11.3 Å². The molecule has 0 unspecified atom stereocenters. The van der Waals surface area contributed by atoms with Crippen LogP contribution in [0.1, 0.15) is 16.8 Å². The topological polar surface area (TPSA) is 84.7 Å². The first-order valence-corrected chi connectivity index (χ1v) is 5.60. The normalized spacial score (nSPS) is 9.89. The number of hydrogen-bond acceptors (Lipinski definition) is 4. The number of hydrogen-bond donors (Lipinski definition) is 1. The first kappa shape index (κ1) is 12.6. The van der Waals surface area contributed by atoms with Gasteiger partial charge in [-0.15, -0.1) is 0 Å². The van der Waals surface area contributed by atoms with Crippen LogP contribution in [-0.2, 0) is 0 Å². The quantitative estimate of drug-likeness (QED) is 0.874. The fraction of sp³-hybridized carbons (Fsp3) is 0.0714. The standard InChI is InChI=1S/C14H12N4O/c1-9-12(8-15)14(19)18(17-13(9)10(2)16)11-6-4-3-5-7-11/h3-7H,2,16H2,1H3. The Morgan fingerprint density at radius 2 is 2.05 bits per heavy atom. The Labute approximate surface area is 110 Å². The SMILES string of the molecule is C=C(N)c1nn(-c2ccccc2)c(=O)c(C#N)c1C. The Hall–Kier alpha value is -2.87. The minimum Gasteiger partial charge on any atom is -0.397 e. The van der Waals surface area contributed by atoms with Crippen LogP contribution >= 0.6 is 0 Å². The minimum absolute atomic E-state index is 0.0282. The van der Waals surface area contributed by atoms with E-state index in [2.05, 4.69) is 11.7 Å². The second-order valence-electron chi connectivity index (χ2n) is 4.04. The molecule has 0 spiro atoms. The van der Waals surface area contributed by atoms with Crippen LogP contribution in [-0.4, -0.2) is 9.78 Å². The number of nitrogens with two attached hydrogens (primary N) is 1. The van der Waals surface area contributed by atoms with Gasteiger partial charge in [0, 0.05) is 5.56 Å². The zero-order valence-electron chi connectivity index (χ0n) is 10.4. The molecule has 0 aliphatic rings. The van der Waals surface area contributed by atoms with Gasteiger partial charge < -0.3 is 5.73 Å². The Balaban J connectivity index is 2.84. The fourth-order valence-electron chi connectivity index (χ4n) is 1.79. The summed E-state index contributed by atoms with van der Waals surface area (Å²) in [6.07, 6.45) is 0. The molecule has 5 nitrogen and oxygen atoms in total. The third-order valence-corrected chi connectivity index (χ3v) is 2.75. The van der Waals surface area contributed by atoms with Gasteiger partial charge in [-0.05, 0) is 19.1 Å². The summed E-state index contributed by atoms with van der Waals surface area (Å²) in [6.45, 7) is 5.25. The number of para-hydroxylation sites is 1. The summed E-state index contributed by atoms with van der Waals surface area (Å²) in [5.41, 5.74) is 6.83. The monoisotopic (exact) mass is 252 g/mol. The van der Waals surface area contributed by atoms with Gasteiger partial charge in [0.15, 0.2) is 0 Å². The third-order valence-electron chi connectivity index (χ3n) is 2.75. The first-order chi connectivity index (χ1) is 9.06. The van der Waals surface area contributed by atoms with E-state index in [4.69, 9.17) is 11.0 Å². The smallest absolute Gasteiger partial charge is 0.289 e. The third kappa shape index (κ3) is 2.11. The van der Waals surface area contributed by atoms with Gasteiger partial charge in [-0.1, -0.05) is 24.8 Å². The number of nitriles is 1. The van der Waals surface area contributed by atoms with Gasteiger partial charge in [0.1, 0.15) is 17.3 Å². The molecule has 1 aromatic carbocycles. The molecule has 5 heteroatoms. The molecule has 2 N–H and O–H groups in total. The lowest BCUT2D eigenvalue weighted by molar-refractivity contribution is 0.785. The van der Waals surface area contributed by atoms with Gasteiger partial charge in [0.25, 0.3) is 5.56 Å². The lowest BCUT2D eigenvalue weighted by Gasteiger charge is -2.10. The van der Waals surface area contributed by atoms with Gasteiger partial charge in [-0.3, -0.25) is 4.79 Å². The largest absolute Gasteiger partial charge is 0.397 e. The van der Waals surface area contributed by atoms with Crippen molar-refractivity contribution in [1.29, 1.82) is 5.26 Å². The predicted octanol–water partition coefficient (Wildman–Crippen LogP) is 1.34. The molecule has 0 atom stereocenters. The summed E-state index contributed by atoms with van der Waals surface area (Å²) >= 11 is 0. The van der Waals surface area contributed by atoms with Crippen molar-refractivity contribution in [2.45, 2.75) is 6.92 Å². The Bertz CT molecular complexity index is 739. The maximum atomic E-state index is 12.2. The first-order valence-electron chi connectivity index (χ1n) is 5.60. The molecule has 0 radical (unpaired) electrons. The lowest BCUT2D eigenvalue weighted by Crippen LogP contribution is -2.27. The molecule has 2 rings (SSSR count). The molecule has 0 aliphatic heterocycles. The van der Waals surface area contributed by atoms with E-state index in [0.29, 0.717) is 16.9 Å². The van der Waals surface area contributed by atoms with E-state index in [1.54, 1.807) is 31.2 Å². The van der Waals surface area contributed by atoms with E-state index < -0.39 is 5.56 Å². The molecule has 19 heavy (non-hydrogen) atoms. The molecule has 0 saturated carbocycles. The highest BCUT2D eigenvalue weighted by Gasteiger charge is 2.15. The average molecular weight is 252 g/mol. The van der Waals surface area contributed by atoms with Crippen molar-refractivity contribution >= 4 is 5.70 Å².